The highest BCUT2D eigenvalue weighted by Gasteiger charge is 2.10. The van der Waals surface area contributed by atoms with Crippen LogP contribution < -0.4 is 16.6 Å². The van der Waals surface area contributed by atoms with Gasteiger partial charge in [0.05, 0.1) is 12.2 Å². The summed E-state index contributed by atoms with van der Waals surface area (Å²) in [4.78, 5) is 51.1. The molecule has 0 aliphatic heterocycles. The van der Waals surface area contributed by atoms with Crippen molar-refractivity contribution in [3.63, 3.8) is 0 Å². The molecule has 1 aromatic heterocycles. The highest BCUT2D eigenvalue weighted by Crippen LogP contribution is 2.11. The second kappa shape index (κ2) is 8.09. The normalized spacial score (nSPS) is 10.3. The van der Waals surface area contributed by atoms with E-state index in [2.05, 4.69) is 15.3 Å². The van der Waals surface area contributed by atoms with Gasteiger partial charge >= 0.3 is 11.7 Å². The molecule has 0 bridgehead atoms. The number of aromatic nitrogens is 2. The SMILES string of the molecule is CCOC(=O)c1ccc(NC(=O)CCc2c(C)[nH]c(=O)[nH]c2=O)cc1. The summed E-state index contributed by atoms with van der Waals surface area (Å²) in [5.41, 5.74) is 0.679. The molecule has 1 amide bonds. The van der Waals surface area contributed by atoms with Crippen LogP contribution in [0.25, 0.3) is 0 Å². The van der Waals surface area contributed by atoms with E-state index in [-0.39, 0.29) is 18.7 Å². The van der Waals surface area contributed by atoms with Gasteiger partial charge in [0, 0.05) is 23.4 Å². The number of carbonyl (C=O) groups is 2. The Balaban J connectivity index is 1.96. The van der Waals surface area contributed by atoms with Gasteiger partial charge in [-0.1, -0.05) is 0 Å². The Hall–Kier alpha value is -3.16. The van der Waals surface area contributed by atoms with Gasteiger partial charge in [-0.15, -0.1) is 0 Å². The lowest BCUT2D eigenvalue weighted by Crippen LogP contribution is -2.27. The number of ether oxygens (including phenoxy) is 1. The third kappa shape index (κ3) is 4.90. The molecule has 0 radical (unpaired) electrons. The number of hydrogen-bond donors (Lipinski definition) is 3. The molecule has 132 valence electrons. The number of benzene rings is 1. The molecule has 0 atom stereocenters. The molecule has 0 saturated heterocycles. The van der Waals surface area contributed by atoms with Gasteiger partial charge in [0.25, 0.3) is 5.56 Å². The van der Waals surface area contributed by atoms with Crippen LogP contribution in [0.4, 0.5) is 5.69 Å². The van der Waals surface area contributed by atoms with Gasteiger partial charge in [0.2, 0.25) is 5.91 Å². The van der Waals surface area contributed by atoms with Gasteiger partial charge in [-0.3, -0.25) is 14.6 Å². The number of anilines is 1. The van der Waals surface area contributed by atoms with E-state index in [1.807, 2.05) is 0 Å². The van der Waals surface area contributed by atoms with E-state index in [4.69, 9.17) is 4.74 Å². The Labute approximate surface area is 143 Å². The quantitative estimate of drug-likeness (QED) is 0.677. The maximum absolute atomic E-state index is 12.0. The van der Waals surface area contributed by atoms with Gasteiger partial charge in [0.1, 0.15) is 0 Å². The van der Waals surface area contributed by atoms with Crippen LogP contribution in [-0.2, 0) is 16.0 Å². The maximum atomic E-state index is 12.0. The van der Waals surface area contributed by atoms with Gasteiger partial charge in [-0.2, -0.15) is 0 Å². The number of esters is 1. The zero-order valence-electron chi connectivity index (χ0n) is 14.0. The number of rotatable bonds is 6. The van der Waals surface area contributed by atoms with Crippen molar-refractivity contribution in [2.24, 2.45) is 0 Å². The predicted molar refractivity (Wildman–Crippen MR) is 91.8 cm³/mol. The summed E-state index contributed by atoms with van der Waals surface area (Å²) in [6, 6.07) is 6.32. The molecule has 25 heavy (non-hydrogen) atoms. The van der Waals surface area contributed by atoms with Crippen molar-refractivity contribution >= 4 is 17.6 Å². The topological polar surface area (TPSA) is 121 Å². The molecule has 8 heteroatoms. The fourth-order valence-corrected chi connectivity index (χ4v) is 2.29. The van der Waals surface area contributed by atoms with Crippen LogP contribution in [0.1, 0.15) is 35.0 Å². The van der Waals surface area contributed by atoms with E-state index in [0.29, 0.717) is 29.1 Å². The first kappa shape index (κ1) is 18.2. The fourth-order valence-electron chi connectivity index (χ4n) is 2.29. The number of nitrogens with one attached hydrogen (secondary N) is 3. The van der Waals surface area contributed by atoms with Gasteiger partial charge in [-0.25, -0.2) is 9.59 Å². The van der Waals surface area contributed by atoms with Crippen LogP contribution in [0.15, 0.2) is 33.9 Å². The first-order valence-corrected chi connectivity index (χ1v) is 7.79. The zero-order valence-corrected chi connectivity index (χ0v) is 14.0. The van der Waals surface area contributed by atoms with Crippen molar-refractivity contribution in [2.45, 2.75) is 26.7 Å². The van der Waals surface area contributed by atoms with Gasteiger partial charge in [0.15, 0.2) is 0 Å². The van der Waals surface area contributed by atoms with E-state index in [1.54, 1.807) is 38.1 Å². The van der Waals surface area contributed by atoms with Crippen molar-refractivity contribution in [3.05, 3.63) is 61.9 Å². The molecule has 2 aromatic rings. The summed E-state index contributed by atoms with van der Waals surface area (Å²) in [5, 5.41) is 2.69. The lowest BCUT2D eigenvalue weighted by molar-refractivity contribution is -0.116. The Kier molecular flexibility index (Phi) is 5.89. The lowest BCUT2D eigenvalue weighted by atomic mass is 10.1. The fraction of sp³-hybridized carbons (Fsp3) is 0.294. The monoisotopic (exact) mass is 345 g/mol. The molecule has 2 rings (SSSR count). The molecular formula is C17H19N3O5. The van der Waals surface area contributed by atoms with E-state index >= 15 is 0 Å². The molecule has 0 unspecified atom stereocenters. The maximum Gasteiger partial charge on any atom is 0.338 e. The number of aryl methyl sites for hydroxylation is 1. The highest BCUT2D eigenvalue weighted by atomic mass is 16.5. The van der Waals surface area contributed by atoms with Crippen LogP contribution in [0, 0.1) is 6.92 Å². The molecule has 0 spiro atoms. The molecule has 0 fully saturated rings. The van der Waals surface area contributed by atoms with Crippen molar-refractivity contribution in [3.8, 4) is 0 Å². The summed E-state index contributed by atoms with van der Waals surface area (Å²) < 4.78 is 4.88. The minimum absolute atomic E-state index is 0.0790. The Morgan fingerprint density at radius 3 is 2.40 bits per heavy atom. The van der Waals surface area contributed by atoms with E-state index in [9.17, 15) is 19.2 Å². The van der Waals surface area contributed by atoms with Crippen molar-refractivity contribution in [2.75, 3.05) is 11.9 Å². The first-order chi connectivity index (χ1) is 11.9. The number of amides is 1. The van der Waals surface area contributed by atoms with Gasteiger partial charge < -0.3 is 15.0 Å². The molecule has 3 N–H and O–H groups in total. The van der Waals surface area contributed by atoms with E-state index in [1.165, 1.54) is 0 Å². The number of hydrogen-bond acceptors (Lipinski definition) is 5. The minimum Gasteiger partial charge on any atom is -0.462 e. The molecule has 8 nitrogen and oxygen atoms in total. The predicted octanol–water partition coefficient (Wildman–Crippen LogP) is 1.12. The smallest absolute Gasteiger partial charge is 0.338 e. The van der Waals surface area contributed by atoms with Crippen LogP contribution >= 0.6 is 0 Å². The van der Waals surface area contributed by atoms with Crippen molar-refractivity contribution < 1.29 is 14.3 Å². The van der Waals surface area contributed by atoms with Crippen molar-refractivity contribution in [1.82, 2.24) is 9.97 Å². The average Bonchev–Trinajstić information content (AvgIpc) is 2.54. The second-order valence-corrected chi connectivity index (χ2v) is 5.36. The van der Waals surface area contributed by atoms with Crippen molar-refractivity contribution in [1.29, 1.82) is 0 Å². The molecule has 1 heterocycles. The Morgan fingerprint density at radius 2 is 1.80 bits per heavy atom. The summed E-state index contributed by atoms with van der Waals surface area (Å²) in [6.45, 7) is 3.63. The van der Waals surface area contributed by atoms with Gasteiger partial charge in [-0.05, 0) is 44.5 Å². The van der Waals surface area contributed by atoms with Crippen LogP contribution in [0.2, 0.25) is 0 Å². The second-order valence-electron chi connectivity index (χ2n) is 5.36. The number of H-pyrrole nitrogens is 2. The number of aromatic amines is 2. The average molecular weight is 345 g/mol. The lowest BCUT2D eigenvalue weighted by Gasteiger charge is -2.07. The Bertz CT molecular complexity index is 880. The molecule has 0 aliphatic rings. The summed E-state index contributed by atoms with van der Waals surface area (Å²) in [7, 11) is 0. The zero-order chi connectivity index (χ0) is 18.4. The minimum atomic E-state index is -0.572. The summed E-state index contributed by atoms with van der Waals surface area (Å²) >= 11 is 0. The van der Waals surface area contributed by atoms with Crippen LogP contribution in [0.5, 0.6) is 0 Å². The molecule has 0 saturated carbocycles. The molecule has 1 aromatic carbocycles. The molecule has 0 aliphatic carbocycles. The summed E-state index contributed by atoms with van der Waals surface area (Å²) in [6.07, 6.45) is 0.278. The largest absolute Gasteiger partial charge is 0.462 e. The Morgan fingerprint density at radius 1 is 1.12 bits per heavy atom. The highest BCUT2D eigenvalue weighted by molar-refractivity contribution is 5.93. The van der Waals surface area contributed by atoms with Crippen LogP contribution in [0.3, 0.4) is 0 Å². The molecular weight excluding hydrogens is 326 g/mol. The van der Waals surface area contributed by atoms with E-state index in [0.717, 1.165) is 0 Å². The van der Waals surface area contributed by atoms with E-state index < -0.39 is 17.2 Å². The number of carbonyl (C=O) groups excluding carboxylic acids is 2. The third-order valence-electron chi connectivity index (χ3n) is 3.54. The first-order valence-electron chi connectivity index (χ1n) is 7.79. The standard InChI is InChI=1S/C17H19N3O5/c1-3-25-16(23)11-4-6-12(7-5-11)19-14(21)9-8-13-10(2)18-17(24)20-15(13)22/h4-7H,3,8-9H2,1-2H3,(H,19,21)(H2,18,20,22,24). The van der Waals surface area contributed by atoms with Crippen LogP contribution in [-0.4, -0.2) is 28.5 Å². The third-order valence-corrected chi connectivity index (χ3v) is 3.54. The summed E-state index contributed by atoms with van der Waals surface area (Å²) in [5.74, 6) is -0.706.